The van der Waals surface area contributed by atoms with E-state index in [0.29, 0.717) is 23.3 Å². The average Bonchev–Trinajstić information content (AvgIpc) is 2.69. The summed E-state index contributed by atoms with van der Waals surface area (Å²) >= 11 is 1.55. The lowest BCUT2D eigenvalue weighted by atomic mass is 9.99. The zero-order valence-corrected chi connectivity index (χ0v) is 17.2. The molecule has 0 radical (unpaired) electrons. The molecule has 0 spiro atoms. The summed E-state index contributed by atoms with van der Waals surface area (Å²) in [5, 5.41) is 7.91. The molecule has 0 aromatic heterocycles. The molecule has 1 atom stereocenters. The van der Waals surface area contributed by atoms with Crippen molar-refractivity contribution in [2.24, 2.45) is 5.14 Å². The number of carbonyl (C=O) groups is 2. The Labute approximate surface area is 168 Å². The summed E-state index contributed by atoms with van der Waals surface area (Å²) in [6.07, 6.45) is 2.31. The topological polar surface area (TPSA) is 116 Å². The van der Waals surface area contributed by atoms with Gasteiger partial charge in [-0.1, -0.05) is 30.3 Å². The predicted molar refractivity (Wildman–Crippen MR) is 110 cm³/mol. The minimum Gasteiger partial charge on any atom is -0.467 e. The summed E-state index contributed by atoms with van der Waals surface area (Å²) < 4.78 is 28.2. The van der Waals surface area contributed by atoms with Gasteiger partial charge in [0.15, 0.2) is 0 Å². The van der Waals surface area contributed by atoms with Gasteiger partial charge in [-0.2, -0.15) is 11.8 Å². The number of rotatable bonds is 8. The van der Waals surface area contributed by atoms with Crippen molar-refractivity contribution < 1.29 is 22.7 Å². The highest BCUT2D eigenvalue weighted by atomic mass is 32.2. The van der Waals surface area contributed by atoms with Crippen molar-refractivity contribution in [2.45, 2.75) is 17.4 Å². The van der Waals surface area contributed by atoms with Gasteiger partial charge in [0.25, 0.3) is 5.91 Å². The van der Waals surface area contributed by atoms with E-state index >= 15 is 0 Å². The first kappa shape index (κ1) is 21.9. The third-order valence-electron chi connectivity index (χ3n) is 4.05. The van der Waals surface area contributed by atoms with Crippen LogP contribution in [0.3, 0.4) is 0 Å². The van der Waals surface area contributed by atoms with Crippen LogP contribution in [0.4, 0.5) is 0 Å². The van der Waals surface area contributed by atoms with Crippen LogP contribution >= 0.6 is 11.8 Å². The lowest BCUT2D eigenvalue weighted by Gasteiger charge is -2.18. The van der Waals surface area contributed by atoms with E-state index in [0.717, 1.165) is 0 Å². The second-order valence-corrected chi connectivity index (χ2v) is 8.50. The quantitative estimate of drug-likeness (QED) is 0.629. The number of esters is 1. The van der Waals surface area contributed by atoms with Crippen molar-refractivity contribution in [1.82, 2.24) is 5.32 Å². The molecule has 1 amide bonds. The minimum atomic E-state index is -3.94. The Morgan fingerprint density at radius 2 is 1.86 bits per heavy atom. The van der Waals surface area contributed by atoms with E-state index in [-0.39, 0.29) is 10.5 Å². The Balaban J connectivity index is 2.45. The number of sulfonamides is 1. The van der Waals surface area contributed by atoms with Crippen LogP contribution in [-0.4, -0.2) is 45.5 Å². The molecule has 0 aliphatic heterocycles. The van der Waals surface area contributed by atoms with E-state index in [9.17, 15) is 18.0 Å². The van der Waals surface area contributed by atoms with Crippen molar-refractivity contribution in [3.63, 3.8) is 0 Å². The van der Waals surface area contributed by atoms with Crippen LogP contribution in [0.2, 0.25) is 0 Å². The van der Waals surface area contributed by atoms with Gasteiger partial charge in [-0.05, 0) is 47.8 Å². The van der Waals surface area contributed by atoms with Crippen LogP contribution in [0.25, 0.3) is 11.1 Å². The van der Waals surface area contributed by atoms with Crippen molar-refractivity contribution in [1.29, 1.82) is 0 Å². The first-order valence-corrected chi connectivity index (χ1v) is 11.3. The molecule has 9 heteroatoms. The molecule has 2 aromatic carbocycles. The Bertz CT molecular complexity index is 946. The fraction of sp³-hybridized carbons (Fsp3) is 0.263. The van der Waals surface area contributed by atoms with Gasteiger partial charge in [0.05, 0.1) is 12.0 Å². The van der Waals surface area contributed by atoms with Crippen molar-refractivity contribution in [2.75, 3.05) is 19.1 Å². The van der Waals surface area contributed by atoms with Gasteiger partial charge in [0.1, 0.15) is 6.04 Å². The highest BCUT2D eigenvalue weighted by Gasteiger charge is 2.24. The number of nitrogens with two attached hydrogens (primary N) is 1. The molecule has 1 unspecified atom stereocenters. The number of hydrogen-bond donors (Lipinski definition) is 2. The van der Waals surface area contributed by atoms with Gasteiger partial charge in [-0.25, -0.2) is 18.4 Å². The second-order valence-electron chi connectivity index (χ2n) is 5.95. The smallest absolute Gasteiger partial charge is 0.328 e. The lowest BCUT2D eigenvalue weighted by molar-refractivity contribution is -0.142. The van der Waals surface area contributed by atoms with Gasteiger partial charge in [0.2, 0.25) is 10.0 Å². The summed E-state index contributed by atoms with van der Waals surface area (Å²) in [4.78, 5) is 24.8. The zero-order chi connectivity index (χ0) is 20.7. The average molecular weight is 423 g/mol. The molecule has 0 saturated carbocycles. The molecule has 2 aromatic rings. The maximum Gasteiger partial charge on any atom is 0.328 e. The monoisotopic (exact) mass is 422 g/mol. The van der Waals surface area contributed by atoms with Crippen LogP contribution in [0.15, 0.2) is 53.4 Å². The number of amides is 1. The molecule has 28 heavy (non-hydrogen) atoms. The molecular formula is C19H22N2O5S2. The number of nitrogens with one attached hydrogen (secondary N) is 1. The Morgan fingerprint density at radius 1 is 1.18 bits per heavy atom. The SMILES string of the molecule is COC(=O)C(CCSC)NC(=O)c1ccc(S(N)(=O)=O)cc1-c1ccccc1. The van der Waals surface area contributed by atoms with E-state index in [1.165, 1.54) is 25.3 Å². The zero-order valence-electron chi connectivity index (χ0n) is 15.5. The largest absolute Gasteiger partial charge is 0.467 e. The molecule has 2 rings (SSSR count). The van der Waals surface area contributed by atoms with Crippen molar-refractivity contribution in [3.05, 3.63) is 54.1 Å². The Morgan fingerprint density at radius 3 is 2.43 bits per heavy atom. The molecule has 7 nitrogen and oxygen atoms in total. The Kier molecular flexibility index (Phi) is 7.61. The molecule has 0 saturated heterocycles. The van der Waals surface area contributed by atoms with Crippen LogP contribution in [0.5, 0.6) is 0 Å². The number of thioether (sulfide) groups is 1. The molecule has 0 heterocycles. The maximum atomic E-state index is 12.9. The fourth-order valence-corrected chi connectivity index (χ4v) is 3.63. The standard InChI is InChI=1S/C19H22N2O5S2/c1-26-19(23)17(10-11-27-2)21-18(22)15-9-8-14(28(20,24)25)12-16(15)13-6-4-3-5-7-13/h3-9,12,17H,10-11H2,1-2H3,(H,21,22)(H2,20,24,25). The lowest BCUT2D eigenvalue weighted by Crippen LogP contribution is -2.42. The summed E-state index contributed by atoms with van der Waals surface area (Å²) in [5.41, 5.74) is 1.28. The molecule has 150 valence electrons. The highest BCUT2D eigenvalue weighted by Crippen LogP contribution is 2.26. The van der Waals surface area contributed by atoms with Crippen LogP contribution < -0.4 is 10.5 Å². The molecule has 3 N–H and O–H groups in total. The number of carbonyl (C=O) groups excluding carboxylic acids is 2. The molecule has 0 bridgehead atoms. The van der Waals surface area contributed by atoms with E-state index in [1.54, 1.807) is 36.0 Å². The second kappa shape index (κ2) is 9.72. The van der Waals surface area contributed by atoms with E-state index in [1.807, 2.05) is 12.3 Å². The van der Waals surface area contributed by atoms with Crippen LogP contribution in [-0.2, 0) is 19.6 Å². The van der Waals surface area contributed by atoms with Crippen LogP contribution in [0, 0.1) is 0 Å². The number of primary sulfonamides is 1. The summed E-state index contributed by atoms with van der Waals surface area (Å²) in [7, 11) is -2.68. The van der Waals surface area contributed by atoms with Crippen molar-refractivity contribution in [3.8, 4) is 11.1 Å². The van der Waals surface area contributed by atoms with E-state index in [4.69, 9.17) is 9.88 Å². The molecular weight excluding hydrogens is 400 g/mol. The van der Waals surface area contributed by atoms with Gasteiger partial charge >= 0.3 is 5.97 Å². The molecule has 0 fully saturated rings. The summed E-state index contributed by atoms with van der Waals surface area (Å²) in [5.74, 6) is -0.378. The first-order chi connectivity index (χ1) is 13.3. The highest BCUT2D eigenvalue weighted by molar-refractivity contribution is 7.98. The number of methoxy groups -OCH3 is 1. The predicted octanol–water partition coefficient (Wildman–Crippen LogP) is 2.03. The summed E-state index contributed by atoms with van der Waals surface area (Å²) in [6.45, 7) is 0. The molecule has 0 aliphatic carbocycles. The van der Waals surface area contributed by atoms with Gasteiger partial charge in [0, 0.05) is 5.56 Å². The van der Waals surface area contributed by atoms with E-state index < -0.39 is 27.9 Å². The van der Waals surface area contributed by atoms with Gasteiger partial charge < -0.3 is 10.1 Å². The third-order valence-corrected chi connectivity index (χ3v) is 5.61. The molecule has 0 aliphatic rings. The summed E-state index contributed by atoms with van der Waals surface area (Å²) in [6, 6.07) is 12.1. The number of benzene rings is 2. The van der Waals surface area contributed by atoms with Crippen LogP contribution in [0.1, 0.15) is 16.8 Å². The Hall–Kier alpha value is -2.36. The fourth-order valence-electron chi connectivity index (χ4n) is 2.62. The minimum absolute atomic E-state index is 0.102. The van der Waals surface area contributed by atoms with Crippen molar-refractivity contribution >= 4 is 33.7 Å². The third kappa shape index (κ3) is 5.57. The normalized spacial score (nSPS) is 12.2. The number of hydrogen-bond acceptors (Lipinski definition) is 6. The van der Waals surface area contributed by atoms with Gasteiger partial charge in [-0.15, -0.1) is 0 Å². The number of ether oxygens (including phenoxy) is 1. The van der Waals surface area contributed by atoms with E-state index in [2.05, 4.69) is 5.32 Å². The maximum absolute atomic E-state index is 12.9. The van der Waals surface area contributed by atoms with Gasteiger partial charge in [-0.3, -0.25) is 4.79 Å². The first-order valence-electron chi connectivity index (χ1n) is 8.38.